The van der Waals surface area contributed by atoms with Crippen LogP contribution in [-0.2, 0) is 0 Å². The zero-order chi connectivity index (χ0) is 11.6. The Bertz CT molecular complexity index is 412. The van der Waals surface area contributed by atoms with Crippen molar-refractivity contribution in [3.63, 3.8) is 0 Å². The molecule has 5 nitrogen and oxygen atoms in total. The van der Waals surface area contributed by atoms with E-state index in [4.69, 9.17) is 10.2 Å². The maximum Gasteiger partial charge on any atom is 0.336 e. The van der Waals surface area contributed by atoms with Gasteiger partial charge in [-0.25, -0.2) is 9.59 Å². The van der Waals surface area contributed by atoms with E-state index in [1.54, 1.807) is 6.92 Å². The molecular weight excluding hydrogens is 200 g/mol. The van der Waals surface area contributed by atoms with Crippen LogP contribution in [0.1, 0.15) is 36.6 Å². The normalized spacial score (nSPS) is 9.67. The van der Waals surface area contributed by atoms with Crippen LogP contribution in [0.15, 0.2) is 12.1 Å². The number of carbonyl (C=O) groups is 3. The van der Waals surface area contributed by atoms with Gasteiger partial charge in [0.25, 0.3) is 0 Å². The molecule has 0 fully saturated rings. The Morgan fingerprint density at radius 2 is 1.53 bits per heavy atom. The van der Waals surface area contributed by atoms with E-state index in [0.29, 0.717) is 5.56 Å². The Morgan fingerprint density at radius 3 is 1.80 bits per heavy atom. The predicted molar refractivity (Wildman–Crippen MR) is 50.5 cm³/mol. The third kappa shape index (κ3) is 2.01. The van der Waals surface area contributed by atoms with Gasteiger partial charge in [0.1, 0.15) is 0 Å². The van der Waals surface area contributed by atoms with Crippen LogP contribution in [0.3, 0.4) is 0 Å². The molecular formula is C10H8O5. The maximum absolute atomic E-state index is 10.8. The summed E-state index contributed by atoms with van der Waals surface area (Å²) < 4.78 is 0. The van der Waals surface area contributed by atoms with Gasteiger partial charge in [-0.3, -0.25) is 4.79 Å². The van der Waals surface area contributed by atoms with E-state index >= 15 is 0 Å². The van der Waals surface area contributed by atoms with Crippen molar-refractivity contribution in [2.45, 2.75) is 6.92 Å². The molecule has 0 aliphatic heterocycles. The molecule has 1 aromatic carbocycles. The lowest BCUT2D eigenvalue weighted by Gasteiger charge is -2.05. The fraction of sp³-hybridized carbons (Fsp3) is 0.100. The van der Waals surface area contributed by atoms with E-state index < -0.39 is 11.9 Å². The van der Waals surface area contributed by atoms with Gasteiger partial charge >= 0.3 is 11.9 Å². The third-order valence-electron chi connectivity index (χ3n) is 1.90. The standard InChI is InChI=1S/C10H8O5/c1-5-2-6(9(12)13)8(4-11)7(3-5)10(14)15/h2-4H,1H3,(H,12,13)(H,14,15). The molecule has 1 aromatic rings. The molecule has 1 rings (SSSR count). The fourth-order valence-electron chi connectivity index (χ4n) is 1.28. The summed E-state index contributed by atoms with van der Waals surface area (Å²) in [5, 5.41) is 17.6. The van der Waals surface area contributed by atoms with Gasteiger partial charge in [-0.2, -0.15) is 0 Å². The largest absolute Gasteiger partial charge is 0.478 e. The second-order valence-electron chi connectivity index (χ2n) is 3.00. The second kappa shape index (κ2) is 3.91. The first-order valence-electron chi connectivity index (χ1n) is 4.03. The van der Waals surface area contributed by atoms with Gasteiger partial charge < -0.3 is 10.2 Å². The summed E-state index contributed by atoms with van der Waals surface area (Å²) in [6, 6.07) is 2.52. The van der Waals surface area contributed by atoms with Crippen molar-refractivity contribution in [2.24, 2.45) is 0 Å². The third-order valence-corrected chi connectivity index (χ3v) is 1.90. The molecule has 5 heteroatoms. The van der Waals surface area contributed by atoms with Crippen molar-refractivity contribution in [3.8, 4) is 0 Å². The summed E-state index contributed by atoms with van der Waals surface area (Å²) in [5.74, 6) is -2.63. The Kier molecular flexibility index (Phi) is 2.85. The molecule has 0 aliphatic rings. The Balaban J connectivity index is 3.59. The molecule has 0 bridgehead atoms. The first-order chi connectivity index (χ1) is 6.97. The average Bonchev–Trinajstić information content (AvgIpc) is 2.16. The molecule has 0 saturated carbocycles. The van der Waals surface area contributed by atoms with Gasteiger partial charge in [0.2, 0.25) is 0 Å². The van der Waals surface area contributed by atoms with E-state index in [2.05, 4.69) is 0 Å². The first kappa shape index (κ1) is 10.9. The van der Waals surface area contributed by atoms with Crippen LogP contribution in [0.4, 0.5) is 0 Å². The quantitative estimate of drug-likeness (QED) is 0.728. The van der Waals surface area contributed by atoms with Crippen LogP contribution in [0.2, 0.25) is 0 Å². The summed E-state index contributed by atoms with van der Waals surface area (Å²) in [5.41, 5.74) is -0.402. The van der Waals surface area contributed by atoms with Gasteiger partial charge in [-0.1, -0.05) is 0 Å². The highest BCUT2D eigenvalue weighted by atomic mass is 16.4. The second-order valence-corrected chi connectivity index (χ2v) is 3.00. The minimum absolute atomic E-state index is 0.242. The van der Waals surface area contributed by atoms with Crippen LogP contribution >= 0.6 is 0 Å². The van der Waals surface area contributed by atoms with E-state index in [-0.39, 0.29) is 23.0 Å². The lowest BCUT2D eigenvalue weighted by molar-refractivity contribution is 0.0692. The van der Waals surface area contributed by atoms with Crippen LogP contribution in [0.5, 0.6) is 0 Å². The average molecular weight is 208 g/mol. The number of carboxylic acid groups (broad SMARTS) is 2. The van der Waals surface area contributed by atoms with Gasteiger partial charge in [-0.15, -0.1) is 0 Å². The molecule has 2 N–H and O–H groups in total. The highest BCUT2D eigenvalue weighted by molar-refractivity contribution is 6.05. The van der Waals surface area contributed by atoms with Crippen LogP contribution < -0.4 is 0 Å². The minimum atomic E-state index is -1.32. The number of aldehydes is 1. The lowest BCUT2D eigenvalue weighted by atomic mass is 9.99. The molecule has 0 heterocycles. The Morgan fingerprint density at radius 1 is 1.13 bits per heavy atom. The molecule has 15 heavy (non-hydrogen) atoms. The number of aryl methyl sites for hydroxylation is 1. The van der Waals surface area contributed by atoms with Gasteiger partial charge in [0.05, 0.1) is 11.1 Å². The number of hydrogen-bond acceptors (Lipinski definition) is 3. The van der Waals surface area contributed by atoms with E-state index in [9.17, 15) is 14.4 Å². The van der Waals surface area contributed by atoms with Crippen molar-refractivity contribution in [2.75, 3.05) is 0 Å². The fourth-order valence-corrected chi connectivity index (χ4v) is 1.28. The van der Waals surface area contributed by atoms with Crippen LogP contribution in [-0.4, -0.2) is 28.4 Å². The van der Waals surface area contributed by atoms with Crippen LogP contribution in [0, 0.1) is 6.92 Å². The Hall–Kier alpha value is -2.17. The van der Waals surface area contributed by atoms with Gasteiger partial charge in [0, 0.05) is 5.56 Å². The highest BCUT2D eigenvalue weighted by Crippen LogP contribution is 2.16. The molecule has 0 radical (unpaired) electrons. The maximum atomic E-state index is 10.8. The first-order valence-corrected chi connectivity index (χ1v) is 4.03. The molecule has 78 valence electrons. The zero-order valence-corrected chi connectivity index (χ0v) is 7.85. The minimum Gasteiger partial charge on any atom is -0.478 e. The van der Waals surface area contributed by atoms with Crippen molar-refractivity contribution >= 4 is 18.2 Å². The summed E-state index contributed by atoms with van der Waals surface area (Å²) in [7, 11) is 0. The molecule has 0 aromatic heterocycles. The monoisotopic (exact) mass is 208 g/mol. The van der Waals surface area contributed by atoms with Crippen molar-refractivity contribution < 1.29 is 24.6 Å². The number of hydrogen-bond donors (Lipinski definition) is 2. The number of benzene rings is 1. The number of carboxylic acids is 2. The van der Waals surface area contributed by atoms with Gasteiger partial charge in [0.15, 0.2) is 6.29 Å². The van der Waals surface area contributed by atoms with Gasteiger partial charge in [-0.05, 0) is 24.6 Å². The Labute approximate surface area is 85.0 Å². The van der Waals surface area contributed by atoms with E-state index in [1.165, 1.54) is 12.1 Å². The number of aromatic carboxylic acids is 2. The zero-order valence-electron chi connectivity index (χ0n) is 7.85. The molecule has 0 atom stereocenters. The highest BCUT2D eigenvalue weighted by Gasteiger charge is 2.18. The molecule has 0 amide bonds. The van der Waals surface area contributed by atoms with Crippen molar-refractivity contribution in [3.05, 3.63) is 34.4 Å². The molecule has 0 unspecified atom stereocenters. The molecule has 0 aliphatic carbocycles. The summed E-state index contributed by atoms with van der Waals surface area (Å²) in [6.45, 7) is 1.56. The summed E-state index contributed by atoms with van der Waals surface area (Å²) >= 11 is 0. The van der Waals surface area contributed by atoms with E-state index in [0.717, 1.165) is 0 Å². The van der Waals surface area contributed by atoms with Crippen molar-refractivity contribution in [1.29, 1.82) is 0 Å². The van der Waals surface area contributed by atoms with E-state index in [1.807, 2.05) is 0 Å². The smallest absolute Gasteiger partial charge is 0.336 e. The summed E-state index contributed by atoms with van der Waals surface area (Å²) in [4.78, 5) is 32.2. The topological polar surface area (TPSA) is 91.7 Å². The SMILES string of the molecule is Cc1cc(C(=O)O)c(C=O)c(C(=O)O)c1. The molecule has 0 spiro atoms. The lowest BCUT2D eigenvalue weighted by Crippen LogP contribution is -2.10. The predicted octanol–water partition coefficient (Wildman–Crippen LogP) is 1.20. The number of carbonyl (C=O) groups excluding carboxylic acids is 1. The summed E-state index contributed by atoms with van der Waals surface area (Å²) in [6.07, 6.45) is 0.242. The molecule has 0 saturated heterocycles. The number of rotatable bonds is 3. The van der Waals surface area contributed by atoms with Crippen molar-refractivity contribution in [1.82, 2.24) is 0 Å². The van der Waals surface area contributed by atoms with Crippen LogP contribution in [0.25, 0.3) is 0 Å².